The van der Waals surface area contributed by atoms with Crippen molar-refractivity contribution in [2.75, 3.05) is 20.1 Å². The minimum atomic E-state index is -1.46. The summed E-state index contributed by atoms with van der Waals surface area (Å²) in [5, 5.41) is 16.2. The minimum absolute atomic E-state index is 0.0979. The first-order valence-electron chi connectivity index (χ1n) is 10.8. The highest BCUT2D eigenvalue weighted by Gasteiger charge is 2.36. The number of carbonyl (C=O) groups is 2. The molecule has 1 aliphatic rings. The molecule has 1 aromatic carbocycles. The van der Waals surface area contributed by atoms with Gasteiger partial charge in [0.05, 0.1) is 18.8 Å². The van der Waals surface area contributed by atoms with E-state index >= 15 is 4.39 Å². The smallest absolute Gasteiger partial charge is 0.410 e. The third kappa shape index (κ3) is 5.62. The topological polar surface area (TPSA) is 109 Å². The van der Waals surface area contributed by atoms with Crippen LogP contribution in [0.15, 0.2) is 24.4 Å². The summed E-state index contributed by atoms with van der Waals surface area (Å²) in [6.07, 6.45) is -0.431. The number of nitrogens with zero attached hydrogens (tertiary/aromatic N) is 4. The molecule has 11 heteroatoms. The number of alkyl halides is 1. The van der Waals surface area contributed by atoms with Crippen LogP contribution in [0, 0.1) is 17.1 Å². The average Bonchev–Trinajstić information content (AvgIpc) is 3.18. The molecule has 0 aliphatic carbocycles. The number of ether oxygens (including phenoxy) is 2. The highest BCUT2D eigenvalue weighted by molar-refractivity contribution is 5.94. The largest absolute Gasteiger partial charge is 0.486 e. The van der Waals surface area contributed by atoms with Gasteiger partial charge in [-0.05, 0) is 45.4 Å². The van der Waals surface area contributed by atoms with E-state index in [1.54, 1.807) is 20.8 Å². The second kappa shape index (κ2) is 10.1. The molecular weight excluding hydrogens is 448 g/mol. The van der Waals surface area contributed by atoms with Gasteiger partial charge in [0.2, 0.25) is 0 Å². The number of aromatic nitrogens is 2. The fourth-order valence-electron chi connectivity index (χ4n) is 3.60. The summed E-state index contributed by atoms with van der Waals surface area (Å²) in [7, 11) is 1.44. The lowest BCUT2D eigenvalue weighted by Crippen LogP contribution is -2.47. The number of nitrogens with one attached hydrogen (secondary N) is 1. The molecule has 2 aromatic rings. The maximum atomic E-state index is 15.0. The highest BCUT2D eigenvalue weighted by Crippen LogP contribution is 2.29. The maximum Gasteiger partial charge on any atom is 0.410 e. The molecule has 3 rings (SSSR count). The standard InChI is InChI=1S/C23H27F2N5O4/c1-23(2,3)34-22(32)29-8-7-18(17(25)12-29)30-19(10-26)15(11-28-30)13-33-20-6-5-14(9-16(20)24)21(31)27-4/h5-6,9,11,17-18H,7-8,12-13H2,1-4H3,(H,27,31)/t17-,18?/m0/s1. The zero-order valence-corrected chi connectivity index (χ0v) is 19.5. The average molecular weight is 475 g/mol. The SMILES string of the molecule is CNC(=O)c1ccc(OCc2cnn(C3CCN(C(=O)OC(C)(C)C)C[C@@H]3F)c2C#N)c(F)c1. The zero-order valence-electron chi connectivity index (χ0n) is 19.5. The van der Waals surface area contributed by atoms with E-state index in [4.69, 9.17) is 9.47 Å². The van der Waals surface area contributed by atoms with Crippen molar-refractivity contribution in [1.82, 2.24) is 20.0 Å². The second-order valence-corrected chi connectivity index (χ2v) is 8.89. The summed E-state index contributed by atoms with van der Waals surface area (Å²) in [4.78, 5) is 25.2. The third-order valence-corrected chi connectivity index (χ3v) is 5.25. The minimum Gasteiger partial charge on any atom is -0.486 e. The molecule has 2 heterocycles. The van der Waals surface area contributed by atoms with Crippen molar-refractivity contribution >= 4 is 12.0 Å². The normalized spacial score (nSPS) is 18.2. The van der Waals surface area contributed by atoms with Crippen LogP contribution < -0.4 is 10.1 Å². The maximum absolute atomic E-state index is 15.0. The number of carbonyl (C=O) groups excluding carboxylic acids is 2. The van der Waals surface area contributed by atoms with Crippen LogP contribution in [0.25, 0.3) is 0 Å². The van der Waals surface area contributed by atoms with Gasteiger partial charge in [0.1, 0.15) is 30.1 Å². The van der Waals surface area contributed by atoms with E-state index in [0.29, 0.717) is 5.56 Å². The molecular formula is C23H27F2N5O4. The van der Waals surface area contributed by atoms with Gasteiger partial charge in [0.25, 0.3) is 5.91 Å². The number of piperidine rings is 1. The van der Waals surface area contributed by atoms with Gasteiger partial charge >= 0.3 is 6.09 Å². The fraction of sp³-hybridized carbons (Fsp3) is 0.478. The monoisotopic (exact) mass is 475 g/mol. The Hall–Kier alpha value is -3.68. The molecule has 2 atom stereocenters. The predicted molar refractivity (Wildman–Crippen MR) is 117 cm³/mol. The Labute approximate surface area is 196 Å². The molecule has 0 spiro atoms. The lowest BCUT2D eigenvalue weighted by Gasteiger charge is -2.35. The number of amides is 2. The number of hydrogen-bond donors (Lipinski definition) is 1. The molecule has 34 heavy (non-hydrogen) atoms. The molecule has 1 unspecified atom stereocenters. The summed E-state index contributed by atoms with van der Waals surface area (Å²) < 4.78 is 41.4. The van der Waals surface area contributed by atoms with Crippen LogP contribution in [0.5, 0.6) is 5.75 Å². The Morgan fingerprint density at radius 1 is 1.35 bits per heavy atom. The van der Waals surface area contributed by atoms with Crippen LogP contribution in [0.2, 0.25) is 0 Å². The Morgan fingerprint density at radius 3 is 2.68 bits per heavy atom. The first-order chi connectivity index (χ1) is 16.0. The summed E-state index contributed by atoms with van der Waals surface area (Å²) in [6.45, 7) is 5.10. The van der Waals surface area contributed by atoms with Crippen LogP contribution in [-0.2, 0) is 11.3 Å². The Kier molecular flexibility index (Phi) is 7.39. The van der Waals surface area contributed by atoms with Crippen molar-refractivity contribution in [1.29, 1.82) is 5.26 Å². The van der Waals surface area contributed by atoms with Crippen molar-refractivity contribution in [2.24, 2.45) is 0 Å². The quantitative estimate of drug-likeness (QED) is 0.710. The lowest BCUT2D eigenvalue weighted by atomic mass is 10.0. The van der Waals surface area contributed by atoms with Crippen LogP contribution in [0.3, 0.4) is 0 Å². The Bertz CT molecular complexity index is 1110. The zero-order chi connectivity index (χ0) is 25.0. The summed E-state index contributed by atoms with van der Waals surface area (Å²) in [5.41, 5.74) is -0.0864. The van der Waals surface area contributed by atoms with Gasteiger partial charge in [-0.3, -0.25) is 4.79 Å². The molecule has 0 bridgehead atoms. The van der Waals surface area contributed by atoms with Crippen LogP contribution in [-0.4, -0.2) is 58.6 Å². The molecule has 0 radical (unpaired) electrons. The molecule has 182 valence electrons. The summed E-state index contributed by atoms with van der Waals surface area (Å²) >= 11 is 0. The van der Waals surface area contributed by atoms with Crippen LogP contribution >= 0.6 is 0 Å². The molecule has 1 aromatic heterocycles. The van der Waals surface area contributed by atoms with Gasteiger partial charge in [-0.15, -0.1) is 0 Å². The van der Waals surface area contributed by atoms with Crippen molar-refractivity contribution in [3.63, 3.8) is 0 Å². The van der Waals surface area contributed by atoms with E-state index in [2.05, 4.69) is 10.4 Å². The Morgan fingerprint density at radius 2 is 2.09 bits per heavy atom. The summed E-state index contributed by atoms with van der Waals surface area (Å²) in [6, 6.07) is 5.05. The third-order valence-electron chi connectivity index (χ3n) is 5.25. The fourth-order valence-corrected chi connectivity index (χ4v) is 3.60. The number of hydrogen-bond acceptors (Lipinski definition) is 6. The van der Waals surface area contributed by atoms with Gasteiger partial charge in [0.15, 0.2) is 11.6 Å². The number of benzene rings is 1. The first-order valence-corrected chi connectivity index (χ1v) is 10.8. The van der Waals surface area contributed by atoms with E-state index in [1.807, 2.05) is 6.07 Å². The predicted octanol–water partition coefficient (Wildman–Crippen LogP) is 3.35. The van der Waals surface area contributed by atoms with Crippen LogP contribution in [0.4, 0.5) is 13.6 Å². The van der Waals surface area contributed by atoms with Gasteiger partial charge in [-0.1, -0.05) is 0 Å². The molecule has 0 saturated carbocycles. The van der Waals surface area contributed by atoms with Crippen molar-refractivity contribution in [3.8, 4) is 11.8 Å². The lowest BCUT2D eigenvalue weighted by molar-refractivity contribution is 0.00567. The molecule has 9 nitrogen and oxygen atoms in total. The highest BCUT2D eigenvalue weighted by atomic mass is 19.1. The molecule has 2 amide bonds. The van der Waals surface area contributed by atoms with E-state index in [9.17, 15) is 19.2 Å². The molecule has 1 fully saturated rings. The first kappa shape index (κ1) is 25.0. The molecule has 1 aliphatic heterocycles. The van der Waals surface area contributed by atoms with E-state index in [-0.39, 0.29) is 43.1 Å². The van der Waals surface area contributed by atoms with Crippen molar-refractivity contribution in [3.05, 3.63) is 47.0 Å². The van der Waals surface area contributed by atoms with E-state index in [1.165, 1.54) is 35.0 Å². The van der Waals surface area contributed by atoms with Gasteiger partial charge < -0.3 is 19.7 Å². The number of rotatable bonds is 5. The Balaban J connectivity index is 1.69. The number of halogens is 2. The van der Waals surface area contributed by atoms with Gasteiger partial charge in [-0.25, -0.2) is 18.3 Å². The number of nitriles is 1. The van der Waals surface area contributed by atoms with Crippen LogP contribution in [0.1, 0.15) is 54.8 Å². The number of likely N-dealkylation sites (tertiary alicyclic amines) is 1. The second-order valence-electron chi connectivity index (χ2n) is 8.89. The molecule has 1 saturated heterocycles. The summed E-state index contributed by atoms with van der Waals surface area (Å²) in [5.74, 6) is -1.26. The van der Waals surface area contributed by atoms with Gasteiger partial charge in [-0.2, -0.15) is 10.4 Å². The van der Waals surface area contributed by atoms with Crippen molar-refractivity contribution < 1.29 is 27.8 Å². The van der Waals surface area contributed by atoms with Gasteiger partial charge in [0, 0.05) is 24.7 Å². The molecule has 1 N–H and O–H groups in total. The van der Waals surface area contributed by atoms with E-state index < -0.39 is 35.6 Å². The van der Waals surface area contributed by atoms with E-state index in [0.717, 1.165) is 6.07 Å². The van der Waals surface area contributed by atoms with Crippen molar-refractivity contribution in [2.45, 2.75) is 51.6 Å².